The molecule has 1 aliphatic heterocycles. The Bertz CT molecular complexity index is 870. The topological polar surface area (TPSA) is 76.0 Å². The lowest BCUT2D eigenvalue weighted by Gasteiger charge is -2.17. The molecule has 6 nitrogen and oxygen atoms in total. The molecule has 2 amide bonds. The van der Waals surface area contributed by atoms with Crippen LogP contribution in [0.5, 0.6) is 0 Å². The van der Waals surface area contributed by atoms with E-state index in [1.807, 2.05) is 36.6 Å². The number of amides is 2. The SMILES string of the molecule is CCCCCNC(=O)c1nc(C(=O)Nc2ccc(C)c(C)c2)n2c1CCCC2. The number of unbranched alkanes of at least 4 members (excludes halogenated alkanes) is 2. The van der Waals surface area contributed by atoms with Gasteiger partial charge in [0.05, 0.1) is 5.69 Å². The van der Waals surface area contributed by atoms with Crippen LogP contribution in [-0.2, 0) is 13.0 Å². The number of imidazole rings is 1. The number of aromatic nitrogens is 2. The lowest BCUT2D eigenvalue weighted by atomic mass is 10.1. The van der Waals surface area contributed by atoms with E-state index in [2.05, 4.69) is 22.5 Å². The summed E-state index contributed by atoms with van der Waals surface area (Å²) in [7, 11) is 0. The molecule has 0 saturated carbocycles. The molecule has 0 radical (unpaired) electrons. The average molecular weight is 383 g/mol. The number of aryl methyl sites for hydroxylation is 2. The molecular weight excluding hydrogens is 352 g/mol. The van der Waals surface area contributed by atoms with Crippen molar-refractivity contribution in [2.45, 2.75) is 65.8 Å². The van der Waals surface area contributed by atoms with Crippen molar-refractivity contribution in [1.29, 1.82) is 0 Å². The van der Waals surface area contributed by atoms with E-state index in [0.717, 1.165) is 62.0 Å². The Labute approximate surface area is 166 Å². The van der Waals surface area contributed by atoms with Crippen LogP contribution in [0.4, 0.5) is 5.69 Å². The molecule has 0 unspecified atom stereocenters. The molecule has 2 aromatic rings. The Hall–Kier alpha value is -2.63. The second-order valence-corrected chi connectivity index (χ2v) is 7.56. The van der Waals surface area contributed by atoms with Crippen molar-refractivity contribution in [3.05, 3.63) is 46.5 Å². The van der Waals surface area contributed by atoms with E-state index in [-0.39, 0.29) is 11.8 Å². The number of rotatable bonds is 7. The number of anilines is 1. The normalized spacial score (nSPS) is 13.1. The van der Waals surface area contributed by atoms with Gasteiger partial charge in [-0.25, -0.2) is 4.98 Å². The van der Waals surface area contributed by atoms with Gasteiger partial charge in [0.15, 0.2) is 5.82 Å². The summed E-state index contributed by atoms with van der Waals surface area (Å²) in [4.78, 5) is 30.0. The summed E-state index contributed by atoms with van der Waals surface area (Å²) in [6, 6.07) is 5.83. The summed E-state index contributed by atoms with van der Waals surface area (Å²) in [6.07, 6.45) is 5.94. The van der Waals surface area contributed by atoms with E-state index in [9.17, 15) is 9.59 Å². The first kappa shape index (κ1) is 20.1. The van der Waals surface area contributed by atoms with Gasteiger partial charge in [0.1, 0.15) is 5.69 Å². The van der Waals surface area contributed by atoms with Crippen molar-refractivity contribution in [2.24, 2.45) is 0 Å². The molecule has 0 saturated heterocycles. The summed E-state index contributed by atoms with van der Waals surface area (Å²) >= 11 is 0. The van der Waals surface area contributed by atoms with Crippen LogP contribution in [0.3, 0.4) is 0 Å². The maximum atomic E-state index is 12.9. The van der Waals surface area contributed by atoms with Gasteiger partial charge in [-0.05, 0) is 62.8 Å². The van der Waals surface area contributed by atoms with Gasteiger partial charge in [-0.1, -0.05) is 25.8 Å². The van der Waals surface area contributed by atoms with Crippen LogP contribution in [0, 0.1) is 13.8 Å². The Kier molecular flexibility index (Phi) is 6.49. The number of nitrogens with zero attached hydrogens (tertiary/aromatic N) is 2. The van der Waals surface area contributed by atoms with Crippen molar-refractivity contribution in [1.82, 2.24) is 14.9 Å². The second kappa shape index (κ2) is 9.04. The van der Waals surface area contributed by atoms with Gasteiger partial charge in [0.25, 0.3) is 11.8 Å². The Morgan fingerprint density at radius 2 is 1.93 bits per heavy atom. The molecule has 0 bridgehead atoms. The fraction of sp³-hybridized carbons (Fsp3) is 0.500. The molecule has 28 heavy (non-hydrogen) atoms. The molecule has 1 aliphatic rings. The Balaban J connectivity index is 1.80. The fourth-order valence-corrected chi connectivity index (χ4v) is 3.57. The van der Waals surface area contributed by atoms with Gasteiger partial charge in [0.2, 0.25) is 0 Å². The van der Waals surface area contributed by atoms with Gasteiger partial charge in [-0.15, -0.1) is 0 Å². The average Bonchev–Trinajstić information content (AvgIpc) is 3.08. The van der Waals surface area contributed by atoms with Crippen LogP contribution < -0.4 is 10.6 Å². The van der Waals surface area contributed by atoms with Gasteiger partial charge in [0, 0.05) is 18.8 Å². The van der Waals surface area contributed by atoms with Crippen LogP contribution in [0.15, 0.2) is 18.2 Å². The van der Waals surface area contributed by atoms with Gasteiger partial charge in [-0.2, -0.15) is 0 Å². The zero-order valence-electron chi connectivity index (χ0n) is 17.1. The maximum absolute atomic E-state index is 12.9. The van der Waals surface area contributed by atoms with Crippen LogP contribution in [0.1, 0.15) is 77.0 Å². The van der Waals surface area contributed by atoms with E-state index < -0.39 is 0 Å². The lowest BCUT2D eigenvalue weighted by Crippen LogP contribution is -2.26. The van der Waals surface area contributed by atoms with Gasteiger partial charge < -0.3 is 15.2 Å². The number of hydrogen-bond acceptors (Lipinski definition) is 3. The Morgan fingerprint density at radius 3 is 2.68 bits per heavy atom. The van der Waals surface area contributed by atoms with Gasteiger partial charge >= 0.3 is 0 Å². The number of nitrogens with one attached hydrogen (secondary N) is 2. The minimum atomic E-state index is -0.267. The highest BCUT2D eigenvalue weighted by molar-refractivity contribution is 6.03. The van der Waals surface area contributed by atoms with E-state index in [1.54, 1.807) is 0 Å². The van der Waals surface area contributed by atoms with E-state index in [1.165, 1.54) is 5.56 Å². The predicted octanol–water partition coefficient (Wildman–Crippen LogP) is 4.01. The van der Waals surface area contributed by atoms with E-state index in [4.69, 9.17) is 0 Å². The molecule has 1 aromatic heterocycles. The first-order valence-electron chi connectivity index (χ1n) is 10.3. The highest BCUT2D eigenvalue weighted by atomic mass is 16.2. The summed E-state index contributed by atoms with van der Waals surface area (Å²) < 4.78 is 1.92. The molecule has 0 fully saturated rings. The molecule has 6 heteroatoms. The summed E-state index contributed by atoms with van der Waals surface area (Å²) in [5.74, 6) is -0.116. The van der Waals surface area contributed by atoms with Crippen molar-refractivity contribution in [3.63, 3.8) is 0 Å². The quantitative estimate of drug-likeness (QED) is 0.711. The lowest BCUT2D eigenvalue weighted by molar-refractivity contribution is 0.0947. The summed E-state index contributed by atoms with van der Waals surface area (Å²) in [5, 5.41) is 5.89. The third kappa shape index (κ3) is 4.43. The molecule has 150 valence electrons. The van der Waals surface area contributed by atoms with Crippen molar-refractivity contribution in [2.75, 3.05) is 11.9 Å². The standard InChI is InChI=1S/C22H30N4O2/c1-4-5-7-12-23-21(27)19-18-9-6-8-13-26(18)20(25-19)22(28)24-17-11-10-15(2)16(3)14-17/h10-11,14H,4-9,12-13H2,1-3H3,(H,23,27)(H,24,28). The first-order chi connectivity index (χ1) is 13.5. The zero-order valence-corrected chi connectivity index (χ0v) is 17.1. The molecule has 2 N–H and O–H groups in total. The highest BCUT2D eigenvalue weighted by Crippen LogP contribution is 2.22. The number of carbonyl (C=O) groups is 2. The minimum absolute atomic E-state index is 0.174. The van der Waals surface area contributed by atoms with Crippen molar-refractivity contribution >= 4 is 17.5 Å². The molecule has 0 spiro atoms. The molecule has 2 heterocycles. The van der Waals surface area contributed by atoms with Crippen LogP contribution in [0.25, 0.3) is 0 Å². The maximum Gasteiger partial charge on any atom is 0.291 e. The fourth-order valence-electron chi connectivity index (χ4n) is 3.57. The smallest absolute Gasteiger partial charge is 0.291 e. The number of carbonyl (C=O) groups excluding carboxylic acids is 2. The largest absolute Gasteiger partial charge is 0.351 e. The molecular formula is C22H30N4O2. The van der Waals surface area contributed by atoms with E-state index >= 15 is 0 Å². The molecule has 0 atom stereocenters. The highest BCUT2D eigenvalue weighted by Gasteiger charge is 2.27. The predicted molar refractivity (Wildman–Crippen MR) is 111 cm³/mol. The van der Waals surface area contributed by atoms with Crippen LogP contribution >= 0.6 is 0 Å². The molecule has 1 aromatic carbocycles. The van der Waals surface area contributed by atoms with Gasteiger partial charge in [-0.3, -0.25) is 9.59 Å². The summed E-state index contributed by atoms with van der Waals surface area (Å²) in [5.41, 5.74) is 4.33. The van der Waals surface area contributed by atoms with Crippen LogP contribution in [-0.4, -0.2) is 27.9 Å². The number of fused-ring (bicyclic) bond motifs is 1. The first-order valence-corrected chi connectivity index (χ1v) is 10.3. The van der Waals surface area contributed by atoms with Crippen molar-refractivity contribution in [3.8, 4) is 0 Å². The molecule has 3 rings (SSSR count). The Morgan fingerprint density at radius 1 is 1.11 bits per heavy atom. The van der Waals surface area contributed by atoms with E-state index in [0.29, 0.717) is 18.1 Å². The number of hydrogen-bond donors (Lipinski definition) is 2. The second-order valence-electron chi connectivity index (χ2n) is 7.56. The van der Waals surface area contributed by atoms with Crippen LogP contribution in [0.2, 0.25) is 0 Å². The van der Waals surface area contributed by atoms with Crippen molar-refractivity contribution < 1.29 is 9.59 Å². The monoisotopic (exact) mass is 382 g/mol. The third-order valence-electron chi connectivity index (χ3n) is 5.37. The minimum Gasteiger partial charge on any atom is -0.351 e. The zero-order chi connectivity index (χ0) is 20.1. The third-order valence-corrected chi connectivity index (χ3v) is 5.37. The number of benzene rings is 1. The molecule has 0 aliphatic carbocycles. The summed E-state index contributed by atoms with van der Waals surface area (Å²) in [6.45, 7) is 7.55.